The molecule has 3 rings (SSSR count). The first-order valence-corrected chi connectivity index (χ1v) is 11.7. The molecule has 0 saturated carbocycles. The van der Waals surface area contributed by atoms with Crippen LogP contribution >= 0.6 is 0 Å². The highest BCUT2D eigenvalue weighted by molar-refractivity contribution is 5.35. The molecule has 0 unspecified atom stereocenters. The van der Waals surface area contributed by atoms with Crippen molar-refractivity contribution in [1.82, 2.24) is 0 Å². The van der Waals surface area contributed by atoms with Crippen LogP contribution in [0.2, 0.25) is 0 Å². The minimum absolute atomic E-state index is 0.961. The zero-order valence-electron chi connectivity index (χ0n) is 18.8. The maximum Gasteiger partial charge on any atom is 0.00955 e. The van der Waals surface area contributed by atoms with E-state index < -0.39 is 0 Å². The predicted molar refractivity (Wildman–Crippen MR) is 134 cm³/mol. The van der Waals surface area contributed by atoms with Crippen LogP contribution in [0.4, 0.5) is 0 Å². The second-order valence-corrected chi connectivity index (χ2v) is 8.05. The standard InChI is InChI=1S/C31H34/c1-2-30(22-14-6-13-17-27-15-7-3-8-16-27)31(25-23-28-18-9-4-10-19-28)26-24-29-20-11-5-12-21-29/h3-5,7-12,15-16,18-21H,2,6,13,17,23-26H2,1H3. The van der Waals surface area contributed by atoms with Gasteiger partial charge in [-0.2, -0.15) is 0 Å². The van der Waals surface area contributed by atoms with E-state index in [0.29, 0.717) is 0 Å². The molecule has 3 aromatic rings. The van der Waals surface area contributed by atoms with Gasteiger partial charge >= 0.3 is 0 Å². The molecule has 0 heterocycles. The van der Waals surface area contributed by atoms with Crippen molar-refractivity contribution >= 4 is 0 Å². The Morgan fingerprint density at radius 2 is 1.06 bits per heavy atom. The summed E-state index contributed by atoms with van der Waals surface area (Å²) in [7, 11) is 0. The molecular weight excluding hydrogens is 372 g/mol. The first-order valence-electron chi connectivity index (χ1n) is 11.7. The van der Waals surface area contributed by atoms with Gasteiger partial charge in [0.05, 0.1) is 0 Å². The number of hydrogen-bond acceptors (Lipinski definition) is 0. The minimum atomic E-state index is 0.961. The minimum Gasteiger partial charge on any atom is -0.0982 e. The van der Waals surface area contributed by atoms with Gasteiger partial charge in [-0.1, -0.05) is 115 Å². The lowest BCUT2D eigenvalue weighted by Gasteiger charge is -2.12. The zero-order valence-corrected chi connectivity index (χ0v) is 18.8. The first kappa shape index (κ1) is 22.6. The highest BCUT2D eigenvalue weighted by atomic mass is 14.1. The van der Waals surface area contributed by atoms with E-state index in [1.54, 1.807) is 0 Å². The fraction of sp³-hybridized carbons (Fsp3) is 0.290. The van der Waals surface area contributed by atoms with Gasteiger partial charge in [-0.3, -0.25) is 0 Å². The van der Waals surface area contributed by atoms with Gasteiger partial charge in [0, 0.05) is 12.0 Å². The molecule has 0 heteroatoms. The van der Waals surface area contributed by atoms with Crippen molar-refractivity contribution in [3.8, 4) is 11.8 Å². The van der Waals surface area contributed by atoms with Gasteiger partial charge in [-0.25, -0.2) is 0 Å². The van der Waals surface area contributed by atoms with Gasteiger partial charge in [0.2, 0.25) is 0 Å². The lowest BCUT2D eigenvalue weighted by atomic mass is 9.93. The van der Waals surface area contributed by atoms with Crippen LogP contribution in [0.15, 0.2) is 102 Å². The van der Waals surface area contributed by atoms with Crippen molar-refractivity contribution in [2.45, 2.75) is 58.3 Å². The molecule has 0 saturated heterocycles. The molecule has 0 atom stereocenters. The number of allylic oxidation sites excluding steroid dienone is 2. The Balaban J connectivity index is 1.65. The normalized spacial score (nSPS) is 10.2. The van der Waals surface area contributed by atoms with E-state index in [9.17, 15) is 0 Å². The molecule has 0 aromatic heterocycles. The van der Waals surface area contributed by atoms with E-state index in [1.165, 1.54) is 27.8 Å². The van der Waals surface area contributed by atoms with Crippen LogP contribution in [-0.4, -0.2) is 0 Å². The van der Waals surface area contributed by atoms with E-state index in [0.717, 1.165) is 51.4 Å². The smallest absolute Gasteiger partial charge is 0.00955 e. The third-order valence-corrected chi connectivity index (χ3v) is 5.75. The van der Waals surface area contributed by atoms with Gasteiger partial charge in [0.1, 0.15) is 0 Å². The summed E-state index contributed by atoms with van der Waals surface area (Å²) in [6.07, 6.45) is 8.58. The summed E-state index contributed by atoms with van der Waals surface area (Å²) < 4.78 is 0. The molecule has 0 amide bonds. The molecule has 158 valence electrons. The van der Waals surface area contributed by atoms with E-state index >= 15 is 0 Å². The van der Waals surface area contributed by atoms with E-state index in [-0.39, 0.29) is 0 Å². The summed E-state index contributed by atoms with van der Waals surface area (Å²) in [4.78, 5) is 0. The van der Waals surface area contributed by atoms with Gasteiger partial charge in [-0.15, -0.1) is 0 Å². The molecule has 0 nitrogen and oxygen atoms in total. The van der Waals surface area contributed by atoms with Crippen LogP contribution in [0, 0.1) is 11.8 Å². The van der Waals surface area contributed by atoms with Crippen LogP contribution in [0.3, 0.4) is 0 Å². The van der Waals surface area contributed by atoms with E-state index in [4.69, 9.17) is 0 Å². The number of benzene rings is 3. The quantitative estimate of drug-likeness (QED) is 0.236. The summed E-state index contributed by atoms with van der Waals surface area (Å²) in [5.41, 5.74) is 7.11. The Labute approximate surface area is 189 Å². The lowest BCUT2D eigenvalue weighted by molar-refractivity contribution is 0.815. The van der Waals surface area contributed by atoms with Crippen LogP contribution in [0.5, 0.6) is 0 Å². The molecule has 0 aliphatic rings. The molecule has 0 aliphatic heterocycles. The second kappa shape index (κ2) is 13.3. The molecule has 0 N–H and O–H groups in total. The predicted octanol–water partition coefficient (Wildman–Crippen LogP) is 7.98. The van der Waals surface area contributed by atoms with Crippen LogP contribution in [0.25, 0.3) is 0 Å². The third kappa shape index (κ3) is 8.31. The molecule has 0 aliphatic carbocycles. The van der Waals surface area contributed by atoms with Crippen LogP contribution < -0.4 is 0 Å². The molecule has 0 radical (unpaired) electrons. The molecular formula is C31H34. The largest absolute Gasteiger partial charge is 0.0982 e. The summed E-state index contributed by atoms with van der Waals surface area (Å²) >= 11 is 0. The Morgan fingerprint density at radius 3 is 1.52 bits per heavy atom. The monoisotopic (exact) mass is 406 g/mol. The molecule has 0 bridgehead atoms. The number of aryl methyl sites for hydroxylation is 3. The molecule has 31 heavy (non-hydrogen) atoms. The number of unbranched alkanes of at least 4 members (excludes halogenated alkanes) is 1. The lowest BCUT2D eigenvalue weighted by Crippen LogP contribution is -1.97. The summed E-state index contributed by atoms with van der Waals surface area (Å²) in [5, 5.41) is 0. The van der Waals surface area contributed by atoms with Crippen molar-refractivity contribution in [3.63, 3.8) is 0 Å². The summed E-state index contributed by atoms with van der Waals surface area (Å²) in [5.74, 6) is 7.03. The number of rotatable bonds is 10. The number of hydrogen-bond donors (Lipinski definition) is 0. The van der Waals surface area contributed by atoms with Gasteiger partial charge < -0.3 is 0 Å². The summed E-state index contributed by atoms with van der Waals surface area (Å²) in [6.45, 7) is 2.25. The zero-order chi connectivity index (χ0) is 21.6. The Bertz CT molecular complexity index is 924. The van der Waals surface area contributed by atoms with Gasteiger partial charge in [-0.05, 0) is 61.6 Å². The Hall–Kier alpha value is -3.04. The second-order valence-electron chi connectivity index (χ2n) is 8.05. The SMILES string of the molecule is CCC(C#CCCCc1ccccc1)=C(CCc1ccccc1)CCc1ccccc1. The fourth-order valence-corrected chi connectivity index (χ4v) is 3.93. The first-order chi connectivity index (χ1) is 15.3. The van der Waals surface area contributed by atoms with E-state index in [1.807, 2.05) is 0 Å². The Morgan fingerprint density at radius 1 is 0.613 bits per heavy atom. The van der Waals surface area contributed by atoms with Crippen molar-refractivity contribution in [2.24, 2.45) is 0 Å². The topological polar surface area (TPSA) is 0 Å². The van der Waals surface area contributed by atoms with Crippen LogP contribution in [0.1, 0.15) is 55.7 Å². The molecule has 0 fully saturated rings. The molecule has 3 aromatic carbocycles. The van der Waals surface area contributed by atoms with Crippen molar-refractivity contribution in [2.75, 3.05) is 0 Å². The van der Waals surface area contributed by atoms with Gasteiger partial charge in [0.15, 0.2) is 0 Å². The van der Waals surface area contributed by atoms with Gasteiger partial charge in [0.25, 0.3) is 0 Å². The van der Waals surface area contributed by atoms with Crippen molar-refractivity contribution < 1.29 is 0 Å². The third-order valence-electron chi connectivity index (χ3n) is 5.75. The average Bonchev–Trinajstić information content (AvgIpc) is 2.84. The summed E-state index contributed by atoms with van der Waals surface area (Å²) in [6, 6.07) is 32.4. The average molecular weight is 407 g/mol. The highest BCUT2D eigenvalue weighted by Crippen LogP contribution is 2.21. The highest BCUT2D eigenvalue weighted by Gasteiger charge is 2.06. The van der Waals surface area contributed by atoms with E-state index in [2.05, 4.69) is 110 Å². The Kier molecular flexibility index (Phi) is 9.71. The van der Waals surface area contributed by atoms with Crippen LogP contribution in [-0.2, 0) is 19.3 Å². The fourth-order valence-electron chi connectivity index (χ4n) is 3.93. The van der Waals surface area contributed by atoms with Crippen molar-refractivity contribution in [3.05, 3.63) is 119 Å². The van der Waals surface area contributed by atoms with Crippen molar-refractivity contribution in [1.29, 1.82) is 0 Å². The maximum atomic E-state index is 3.56. The maximum absolute atomic E-state index is 3.56. The molecule has 0 spiro atoms.